The maximum absolute atomic E-state index is 13.0. The Morgan fingerprint density at radius 2 is 1.87 bits per heavy atom. The normalized spacial score (nSPS) is 16.2. The minimum absolute atomic E-state index is 0.302. The molecule has 1 aromatic carbocycles. The molecule has 0 atom stereocenters. The summed E-state index contributed by atoms with van der Waals surface area (Å²) in [4.78, 5) is 22.8. The van der Waals surface area contributed by atoms with E-state index in [1.54, 1.807) is 35.3 Å². The van der Waals surface area contributed by atoms with Crippen LogP contribution in [0.15, 0.2) is 67.3 Å². The third-order valence-electron chi connectivity index (χ3n) is 6.86. The van der Waals surface area contributed by atoms with Crippen molar-refractivity contribution in [1.29, 1.82) is 0 Å². The van der Waals surface area contributed by atoms with Gasteiger partial charge in [0.15, 0.2) is 0 Å². The highest BCUT2D eigenvalue weighted by atomic mass is 19.4. The minimum Gasteiger partial charge on any atom is -0.380 e. The number of benzene rings is 1. The van der Waals surface area contributed by atoms with Crippen LogP contribution in [0.25, 0.3) is 16.8 Å². The van der Waals surface area contributed by atoms with E-state index in [0.717, 1.165) is 60.8 Å². The quantitative estimate of drug-likeness (QED) is 0.409. The summed E-state index contributed by atoms with van der Waals surface area (Å²) >= 11 is 0. The summed E-state index contributed by atoms with van der Waals surface area (Å²) in [5.74, 6) is -0.740. The Labute approximate surface area is 216 Å². The van der Waals surface area contributed by atoms with Gasteiger partial charge in [0.25, 0.3) is 5.91 Å². The molecule has 0 unspecified atom stereocenters. The standard InChI is InChI=1S/C27H23F3N6O2/c1-17-5-6-20(33-25(37)22-3-2-4-24(34-22)27(28,29)30)8-23(17)36-12-19(10-32-36)18-7-21(11-31-9-18)35-13-26(14-35)15-38-16-26/h2-12H,13-16H2,1H3,(H,33,37). The average molecular weight is 521 g/mol. The molecule has 0 aliphatic carbocycles. The second-order valence-corrected chi connectivity index (χ2v) is 9.82. The predicted molar refractivity (Wildman–Crippen MR) is 134 cm³/mol. The van der Waals surface area contributed by atoms with E-state index in [1.807, 2.05) is 19.3 Å². The molecular formula is C27H23F3N6O2. The molecule has 2 saturated heterocycles. The Hall–Kier alpha value is -4.25. The second-order valence-electron chi connectivity index (χ2n) is 9.82. The van der Waals surface area contributed by atoms with Crippen molar-refractivity contribution in [2.24, 2.45) is 5.41 Å². The van der Waals surface area contributed by atoms with Crippen LogP contribution in [0.1, 0.15) is 21.7 Å². The highest BCUT2D eigenvalue weighted by Gasteiger charge is 2.49. The summed E-state index contributed by atoms with van der Waals surface area (Å²) in [5, 5.41) is 7.13. The van der Waals surface area contributed by atoms with E-state index in [4.69, 9.17) is 4.74 Å². The summed E-state index contributed by atoms with van der Waals surface area (Å²) < 4.78 is 46.0. The first-order valence-electron chi connectivity index (χ1n) is 12.0. The van der Waals surface area contributed by atoms with E-state index in [-0.39, 0.29) is 5.69 Å². The summed E-state index contributed by atoms with van der Waals surface area (Å²) in [6, 6.07) is 10.5. The fourth-order valence-corrected chi connectivity index (χ4v) is 4.73. The highest BCUT2D eigenvalue weighted by Crippen LogP contribution is 2.40. The van der Waals surface area contributed by atoms with Crippen molar-refractivity contribution < 1.29 is 22.7 Å². The third kappa shape index (κ3) is 4.49. The smallest absolute Gasteiger partial charge is 0.380 e. The maximum atomic E-state index is 13.0. The van der Waals surface area contributed by atoms with Crippen LogP contribution in [0.3, 0.4) is 0 Å². The zero-order valence-corrected chi connectivity index (χ0v) is 20.4. The summed E-state index contributed by atoms with van der Waals surface area (Å²) in [7, 11) is 0. The zero-order valence-electron chi connectivity index (χ0n) is 20.4. The highest BCUT2D eigenvalue weighted by molar-refractivity contribution is 6.03. The molecular weight excluding hydrogens is 497 g/mol. The van der Waals surface area contributed by atoms with Crippen LogP contribution in [-0.4, -0.2) is 52.0 Å². The molecule has 2 fully saturated rings. The zero-order chi connectivity index (χ0) is 26.5. The van der Waals surface area contributed by atoms with Crippen LogP contribution in [0.4, 0.5) is 24.5 Å². The summed E-state index contributed by atoms with van der Waals surface area (Å²) in [6.45, 7) is 5.47. The van der Waals surface area contributed by atoms with Crippen molar-refractivity contribution in [2.45, 2.75) is 13.1 Å². The molecule has 11 heteroatoms. The Morgan fingerprint density at radius 3 is 2.61 bits per heavy atom. The third-order valence-corrected chi connectivity index (χ3v) is 6.86. The van der Waals surface area contributed by atoms with Crippen LogP contribution in [0.2, 0.25) is 0 Å². The van der Waals surface area contributed by atoms with Crippen molar-refractivity contribution in [2.75, 3.05) is 36.5 Å². The number of nitrogens with zero attached hydrogens (tertiary/aromatic N) is 5. The Balaban J connectivity index is 1.20. The van der Waals surface area contributed by atoms with Gasteiger partial charge in [-0.3, -0.25) is 9.78 Å². The second kappa shape index (κ2) is 8.95. The first-order chi connectivity index (χ1) is 18.2. The number of ether oxygens (including phenoxy) is 1. The van der Waals surface area contributed by atoms with Crippen LogP contribution in [0, 0.1) is 12.3 Å². The number of hydrogen-bond acceptors (Lipinski definition) is 6. The van der Waals surface area contributed by atoms with E-state index in [1.165, 1.54) is 6.07 Å². The number of alkyl halides is 3. The number of amides is 1. The molecule has 0 radical (unpaired) electrons. The van der Waals surface area contributed by atoms with Gasteiger partial charge in [-0.15, -0.1) is 0 Å². The van der Waals surface area contributed by atoms with Gasteiger partial charge < -0.3 is 15.0 Å². The number of rotatable bonds is 5. The number of aryl methyl sites for hydroxylation is 1. The van der Waals surface area contributed by atoms with Crippen LogP contribution in [-0.2, 0) is 10.9 Å². The molecule has 5 heterocycles. The lowest BCUT2D eigenvalue weighted by Crippen LogP contribution is -2.66. The minimum atomic E-state index is -4.64. The first-order valence-corrected chi connectivity index (χ1v) is 12.0. The Bertz CT molecular complexity index is 1520. The molecule has 3 aromatic heterocycles. The molecule has 4 aromatic rings. The molecule has 0 bridgehead atoms. The number of pyridine rings is 2. The van der Waals surface area contributed by atoms with Crippen molar-refractivity contribution in [3.63, 3.8) is 0 Å². The average Bonchev–Trinajstić information content (AvgIpc) is 3.33. The number of aromatic nitrogens is 4. The number of nitrogens with one attached hydrogen (secondary N) is 1. The van der Waals surface area contributed by atoms with Gasteiger partial charge in [0.2, 0.25) is 0 Å². The van der Waals surface area contributed by atoms with Gasteiger partial charge in [0.05, 0.1) is 42.4 Å². The van der Waals surface area contributed by atoms with Crippen molar-refractivity contribution in [3.05, 3.63) is 84.2 Å². The molecule has 38 heavy (non-hydrogen) atoms. The van der Waals surface area contributed by atoms with Gasteiger partial charge in [-0.25, -0.2) is 9.67 Å². The molecule has 1 spiro atoms. The Morgan fingerprint density at radius 1 is 1.05 bits per heavy atom. The summed E-state index contributed by atoms with van der Waals surface area (Å²) in [6.07, 6.45) is 2.63. The molecule has 0 saturated carbocycles. The van der Waals surface area contributed by atoms with Gasteiger partial charge in [0.1, 0.15) is 11.4 Å². The maximum Gasteiger partial charge on any atom is 0.433 e. The molecule has 1 amide bonds. The largest absolute Gasteiger partial charge is 0.433 e. The van der Waals surface area contributed by atoms with Gasteiger partial charge in [-0.05, 0) is 42.8 Å². The molecule has 8 nitrogen and oxygen atoms in total. The number of hydrogen-bond donors (Lipinski definition) is 1. The van der Waals surface area contributed by atoms with E-state index in [9.17, 15) is 18.0 Å². The number of anilines is 2. The van der Waals surface area contributed by atoms with Crippen LogP contribution >= 0.6 is 0 Å². The molecule has 2 aliphatic rings. The number of halogens is 3. The van der Waals surface area contributed by atoms with E-state index in [0.29, 0.717) is 16.8 Å². The number of carbonyl (C=O) groups is 1. The van der Waals surface area contributed by atoms with Gasteiger partial charge in [-0.2, -0.15) is 18.3 Å². The molecule has 6 rings (SSSR count). The molecule has 1 N–H and O–H groups in total. The monoisotopic (exact) mass is 520 g/mol. The lowest BCUT2D eigenvalue weighted by Gasteiger charge is -2.55. The van der Waals surface area contributed by atoms with Crippen LogP contribution in [0.5, 0.6) is 0 Å². The Kier molecular flexibility index (Phi) is 5.68. The number of carbonyl (C=O) groups excluding carboxylic acids is 1. The summed E-state index contributed by atoms with van der Waals surface area (Å²) in [5.41, 5.74) is 3.73. The van der Waals surface area contributed by atoms with E-state index in [2.05, 4.69) is 31.3 Å². The fraction of sp³-hybridized carbons (Fsp3) is 0.259. The lowest BCUT2D eigenvalue weighted by atomic mass is 9.78. The van der Waals surface area contributed by atoms with Gasteiger partial charge in [0, 0.05) is 42.3 Å². The fourth-order valence-electron chi connectivity index (χ4n) is 4.73. The van der Waals surface area contributed by atoms with E-state index < -0.39 is 17.8 Å². The van der Waals surface area contributed by atoms with Crippen molar-refractivity contribution in [1.82, 2.24) is 19.7 Å². The van der Waals surface area contributed by atoms with Crippen molar-refractivity contribution in [3.8, 4) is 16.8 Å². The van der Waals surface area contributed by atoms with Gasteiger partial charge in [-0.1, -0.05) is 12.1 Å². The van der Waals surface area contributed by atoms with Crippen molar-refractivity contribution >= 4 is 17.3 Å². The van der Waals surface area contributed by atoms with Crippen LogP contribution < -0.4 is 10.2 Å². The first kappa shape index (κ1) is 24.1. The topological polar surface area (TPSA) is 85.2 Å². The molecule has 2 aliphatic heterocycles. The lowest BCUT2D eigenvalue weighted by molar-refractivity contribution is -0.141. The van der Waals surface area contributed by atoms with Gasteiger partial charge >= 0.3 is 6.18 Å². The predicted octanol–water partition coefficient (Wildman–Crippen LogP) is 4.75. The molecule has 194 valence electrons. The SMILES string of the molecule is Cc1ccc(NC(=O)c2cccc(C(F)(F)F)n2)cc1-n1cc(-c2cncc(N3CC4(COC4)C3)c2)cn1. The van der Waals surface area contributed by atoms with E-state index >= 15 is 0 Å².